The Morgan fingerprint density at radius 1 is 1.00 bits per heavy atom. The Morgan fingerprint density at radius 2 is 1.83 bits per heavy atom. The average Bonchev–Trinajstić information content (AvgIpc) is 3.49. The SMILES string of the molecule is O=C(NCCc1ccc2c(c1)OCO2)[C@@H]1C[C@@H](NCc2cccc(F)c2)CN1Cc1cccc(Cl)c1. The van der Waals surface area contributed by atoms with Crippen LogP contribution in [0.5, 0.6) is 11.5 Å². The highest BCUT2D eigenvalue weighted by atomic mass is 35.5. The molecule has 2 aliphatic heterocycles. The molecule has 2 heterocycles. The third-order valence-corrected chi connectivity index (χ3v) is 6.85. The molecule has 0 aliphatic carbocycles. The van der Waals surface area contributed by atoms with Crippen LogP contribution < -0.4 is 20.1 Å². The van der Waals surface area contributed by atoms with Crippen LogP contribution in [0.1, 0.15) is 23.1 Å². The fourth-order valence-electron chi connectivity index (χ4n) is 4.82. The van der Waals surface area contributed by atoms with Crippen molar-refractivity contribution in [3.05, 3.63) is 94.3 Å². The first-order chi connectivity index (χ1) is 17.5. The van der Waals surface area contributed by atoms with Crippen LogP contribution in [0.4, 0.5) is 4.39 Å². The third kappa shape index (κ3) is 6.16. The lowest BCUT2D eigenvalue weighted by molar-refractivity contribution is -0.125. The lowest BCUT2D eigenvalue weighted by Gasteiger charge is -2.23. The quantitative estimate of drug-likeness (QED) is 0.450. The zero-order chi connectivity index (χ0) is 24.9. The maximum absolute atomic E-state index is 13.6. The summed E-state index contributed by atoms with van der Waals surface area (Å²) in [5.74, 6) is 1.26. The molecule has 0 unspecified atom stereocenters. The van der Waals surface area contributed by atoms with Crippen molar-refractivity contribution in [1.29, 1.82) is 0 Å². The molecule has 0 spiro atoms. The van der Waals surface area contributed by atoms with Crippen molar-refractivity contribution < 1.29 is 18.7 Å². The largest absolute Gasteiger partial charge is 0.454 e. The van der Waals surface area contributed by atoms with Crippen LogP contribution in [0.25, 0.3) is 0 Å². The van der Waals surface area contributed by atoms with E-state index in [0.29, 0.717) is 44.0 Å². The summed E-state index contributed by atoms with van der Waals surface area (Å²) in [5, 5.41) is 7.29. The highest BCUT2D eigenvalue weighted by Gasteiger charge is 2.36. The Morgan fingerprint density at radius 3 is 2.69 bits per heavy atom. The molecule has 0 bridgehead atoms. The molecule has 188 valence electrons. The van der Waals surface area contributed by atoms with Crippen molar-refractivity contribution >= 4 is 17.5 Å². The third-order valence-electron chi connectivity index (χ3n) is 6.61. The molecule has 1 fully saturated rings. The molecule has 3 aromatic rings. The number of hydrogen-bond donors (Lipinski definition) is 2. The van der Waals surface area contributed by atoms with Gasteiger partial charge in [-0.2, -0.15) is 0 Å². The van der Waals surface area contributed by atoms with E-state index in [1.165, 1.54) is 12.1 Å². The summed E-state index contributed by atoms with van der Waals surface area (Å²) in [4.78, 5) is 15.4. The maximum Gasteiger partial charge on any atom is 0.237 e. The van der Waals surface area contributed by atoms with E-state index >= 15 is 0 Å². The lowest BCUT2D eigenvalue weighted by atomic mass is 10.1. The minimum atomic E-state index is -0.272. The average molecular weight is 510 g/mol. The Labute approximate surface area is 215 Å². The molecule has 0 saturated carbocycles. The summed E-state index contributed by atoms with van der Waals surface area (Å²) in [6.07, 6.45) is 1.37. The predicted molar refractivity (Wildman–Crippen MR) is 137 cm³/mol. The Balaban J connectivity index is 1.20. The van der Waals surface area contributed by atoms with Gasteiger partial charge in [-0.05, 0) is 65.9 Å². The number of halogens is 2. The Bertz CT molecular complexity index is 1220. The van der Waals surface area contributed by atoms with E-state index in [0.717, 1.165) is 28.2 Å². The smallest absolute Gasteiger partial charge is 0.237 e. The summed E-state index contributed by atoms with van der Waals surface area (Å²) >= 11 is 6.19. The van der Waals surface area contributed by atoms with Crippen molar-refractivity contribution in [3.63, 3.8) is 0 Å². The van der Waals surface area contributed by atoms with E-state index in [4.69, 9.17) is 21.1 Å². The number of nitrogens with one attached hydrogen (secondary N) is 2. The molecule has 3 aromatic carbocycles. The Hall–Kier alpha value is -3.13. The molecule has 1 saturated heterocycles. The number of ether oxygens (including phenoxy) is 2. The van der Waals surface area contributed by atoms with Crippen LogP contribution in [0.3, 0.4) is 0 Å². The number of benzene rings is 3. The molecule has 5 rings (SSSR count). The zero-order valence-corrected chi connectivity index (χ0v) is 20.6. The topological polar surface area (TPSA) is 62.8 Å². The van der Waals surface area contributed by atoms with E-state index in [9.17, 15) is 9.18 Å². The summed E-state index contributed by atoms with van der Waals surface area (Å²) in [5.41, 5.74) is 3.02. The minimum absolute atomic E-state index is 0.00725. The normalized spacial score (nSPS) is 18.9. The van der Waals surface area contributed by atoms with Gasteiger partial charge in [0.05, 0.1) is 6.04 Å². The van der Waals surface area contributed by atoms with Gasteiger partial charge in [0.25, 0.3) is 0 Å². The number of nitrogens with zero attached hydrogens (tertiary/aromatic N) is 1. The number of hydrogen-bond acceptors (Lipinski definition) is 5. The number of amides is 1. The van der Waals surface area contributed by atoms with Crippen molar-refractivity contribution in [2.75, 3.05) is 19.9 Å². The van der Waals surface area contributed by atoms with E-state index in [2.05, 4.69) is 15.5 Å². The van der Waals surface area contributed by atoms with Crippen molar-refractivity contribution in [2.45, 2.75) is 38.0 Å². The summed E-state index contributed by atoms with van der Waals surface area (Å²) in [7, 11) is 0. The van der Waals surface area contributed by atoms with Gasteiger partial charge in [0.15, 0.2) is 11.5 Å². The van der Waals surface area contributed by atoms with E-state index in [1.54, 1.807) is 6.07 Å². The minimum Gasteiger partial charge on any atom is -0.454 e. The first kappa shape index (κ1) is 24.6. The second-order valence-electron chi connectivity index (χ2n) is 9.25. The van der Waals surface area contributed by atoms with E-state index in [1.807, 2.05) is 48.5 Å². The highest BCUT2D eigenvalue weighted by molar-refractivity contribution is 6.30. The number of rotatable bonds is 9. The molecular formula is C28H29ClFN3O3. The van der Waals surface area contributed by atoms with E-state index < -0.39 is 0 Å². The van der Waals surface area contributed by atoms with Crippen molar-refractivity contribution in [3.8, 4) is 11.5 Å². The molecule has 2 N–H and O–H groups in total. The predicted octanol–water partition coefficient (Wildman–Crippen LogP) is 4.30. The fourth-order valence-corrected chi connectivity index (χ4v) is 5.04. The molecule has 36 heavy (non-hydrogen) atoms. The highest BCUT2D eigenvalue weighted by Crippen LogP contribution is 2.32. The number of likely N-dealkylation sites (tertiary alicyclic amines) is 1. The van der Waals surface area contributed by atoms with Gasteiger partial charge in [-0.15, -0.1) is 0 Å². The van der Waals surface area contributed by atoms with Gasteiger partial charge in [0.1, 0.15) is 5.82 Å². The second kappa shape index (κ2) is 11.3. The van der Waals surface area contributed by atoms with Gasteiger partial charge in [-0.3, -0.25) is 9.69 Å². The zero-order valence-electron chi connectivity index (χ0n) is 19.9. The monoisotopic (exact) mass is 509 g/mol. The summed E-state index contributed by atoms with van der Waals surface area (Å²) < 4.78 is 24.4. The molecule has 1 amide bonds. The molecule has 2 atom stereocenters. The summed E-state index contributed by atoms with van der Waals surface area (Å²) in [6, 6.07) is 20.0. The number of carbonyl (C=O) groups excluding carboxylic acids is 1. The fraction of sp³-hybridized carbons (Fsp3) is 0.321. The lowest BCUT2D eigenvalue weighted by Crippen LogP contribution is -2.43. The molecular weight excluding hydrogens is 481 g/mol. The van der Waals surface area contributed by atoms with Crippen molar-refractivity contribution in [2.24, 2.45) is 0 Å². The maximum atomic E-state index is 13.6. The first-order valence-corrected chi connectivity index (χ1v) is 12.5. The van der Waals surface area contributed by atoms with Crippen LogP contribution in [0.2, 0.25) is 5.02 Å². The molecule has 0 aromatic heterocycles. The standard InChI is InChI=1S/C28H29ClFN3O3/c29-22-5-1-4-21(11-22)16-33-17-24(32-15-20-3-2-6-23(30)12-20)14-25(33)28(34)31-10-9-19-7-8-26-27(13-19)36-18-35-26/h1-8,11-13,24-25,32H,9-10,14-18H2,(H,31,34)/t24-,25+/m1/s1. The van der Waals surface area contributed by atoms with Crippen LogP contribution in [-0.2, 0) is 24.3 Å². The van der Waals surface area contributed by atoms with Crippen LogP contribution in [0, 0.1) is 5.82 Å². The molecule has 2 aliphatic rings. The Kier molecular flexibility index (Phi) is 7.70. The van der Waals surface area contributed by atoms with Gasteiger partial charge in [0, 0.05) is 37.2 Å². The van der Waals surface area contributed by atoms with Gasteiger partial charge in [-0.25, -0.2) is 4.39 Å². The van der Waals surface area contributed by atoms with Gasteiger partial charge < -0.3 is 20.1 Å². The number of fused-ring (bicyclic) bond motifs is 1. The summed E-state index contributed by atoms with van der Waals surface area (Å²) in [6.45, 7) is 2.66. The van der Waals surface area contributed by atoms with E-state index in [-0.39, 0.29) is 30.6 Å². The van der Waals surface area contributed by atoms with Gasteiger partial charge >= 0.3 is 0 Å². The van der Waals surface area contributed by atoms with Crippen LogP contribution >= 0.6 is 11.6 Å². The van der Waals surface area contributed by atoms with Gasteiger partial charge in [-0.1, -0.05) is 41.9 Å². The first-order valence-electron chi connectivity index (χ1n) is 12.2. The molecule has 8 heteroatoms. The number of carbonyl (C=O) groups is 1. The molecule has 0 radical (unpaired) electrons. The van der Waals surface area contributed by atoms with Crippen LogP contribution in [-0.4, -0.2) is 42.8 Å². The molecule has 6 nitrogen and oxygen atoms in total. The second-order valence-corrected chi connectivity index (χ2v) is 9.68. The van der Waals surface area contributed by atoms with Crippen molar-refractivity contribution in [1.82, 2.24) is 15.5 Å². The van der Waals surface area contributed by atoms with Crippen LogP contribution in [0.15, 0.2) is 66.7 Å². The van der Waals surface area contributed by atoms with Gasteiger partial charge in [0.2, 0.25) is 12.7 Å².